The van der Waals surface area contributed by atoms with E-state index in [1.54, 1.807) is 4.90 Å². The molecule has 0 aromatic carbocycles. The van der Waals surface area contributed by atoms with Gasteiger partial charge in [0.2, 0.25) is 5.91 Å². The fourth-order valence-electron chi connectivity index (χ4n) is 3.68. The SMILES string of the molecule is CC(C)[C@H](C(=O)O[C@@H](C)C1CCCCC1)N1CCCC1=O. The average molecular weight is 295 g/mol. The molecule has 0 spiro atoms. The summed E-state index contributed by atoms with van der Waals surface area (Å²) in [4.78, 5) is 26.2. The molecule has 21 heavy (non-hydrogen) atoms. The highest BCUT2D eigenvalue weighted by molar-refractivity contribution is 5.86. The van der Waals surface area contributed by atoms with Crippen molar-refractivity contribution in [3.05, 3.63) is 0 Å². The summed E-state index contributed by atoms with van der Waals surface area (Å²) in [5.74, 6) is 0.470. The lowest BCUT2D eigenvalue weighted by molar-refractivity contribution is -0.162. The van der Waals surface area contributed by atoms with Gasteiger partial charge in [-0.1, -0.05) is 33.1 Å². The van der Waals surface area contributed by atoms with Crippen molar-refractivity contribution in [2.75, 3.05) is 6.54 Å². The molecule has 1 amide bonds. The number of ether oxygens (including phenoxy) is 1. The molecule has 4 nitrogen and oxygen atoms in total. The number of likely N-dealkylation sites (tertiary alicyclic amines) is 1. The molecule has 1 aliphatic carbocycles. The number of nitrogens with zero attached hydrogens (tertiary/aromatic N) is 1. The minimum absolute atomic E-state index is 0.0308. The normalized spacial score (nSPS) is 23.4. The van der Waals surface area contributed by atoms with Crippen LogP contribution < -0.4 is 0 Å². The lowest BCUT2D eigenvalue weighted by Crippen LogP contribution is -2.47. The fraction of sp³-hybridized carbons (Fsp3) is 0.882. The maximum absolute atomic E-state index is 12.6. The van der Waals surface area contributed by atoms with E-state index >= 15 is 0 Å². The first kappa shape index (κ1) is 16.3. The van der Waals surface area contributed by atoms with E-state index in [0.29, 0.717) is 18.9 Å². The maximum atomic E-state index is 12.6. The molecular weight excluding hydrogens is 266 g/mol. The van der Waals surface area contributed by atoms with Crippen LogP contribution in [0.5, 0.6) is 0 Å². The third kappa shape index (κ3) is 3.98. The molecule has 1 aliphatic heterocycles. The van der Waals surface area contributed by atoms with Crippen LogP contribution in [0.1, 0.15) is 65.7 Å². The predicted octanol–water partition coefficient (Wildman–Crippen LogP) is 3.15. The Balaban J connectivity index is 1.96. The fourth-order valence-corrected chi connectivity index (χ4v) is 3.68. The molecule has 2 rings (SSSR count). The quantitative estimate of drug-likeness (QED) is 0.732. The van der Waals surface area contributed by atoms with Gasteiger partial charge in [0.05, 0.1) is 0 Å². The number of carbonyl (C=O) groups excluding carboxylic acids is 2. The highest BCUT2D eigenvalue weighted by atomic mass is 16.5. The summed E-state index contributed by atoms with van der Waals surface area (Å²) in [5, 5.41) is 0. The summed E-state index contributed by atoms with van der Waals surface area (Å²) in [6.45, 7) is 6.68. The monoisotopic (exact) mass is 295 g/mol. The van der Waals surface area contributed by atoms with E-state index in [0.717, 1.165) is 19.3 Å². The number of hydrogen-bond donors (Lipinski definition) is 0. The molecule has 0 unspecified atom stereocenters. The number of esters is 1. The van der Waals surface area contributed by atoms with Crippen molar-refractivity contribution in [3.63, 3.8) is 0 Å². The smallest absolute Gasteiger partial charge is 0.329 e. The summed E-state index contributed by atoms with van der Waals surface area (Å²) < 4.78 is 5.74. The third-order valence-electron chi connectivity index (χ3n) is 4.93. The van der Waals surface area contributed by atoms with E-state index in [2.05, 4.69) is 0 Å². The first-order valence-corrected chi connectivity index (χ1v) is 8.50. The zero-order valence-electron chi connectivity index (χ0n) is 13.6. The average Bonchev–Trinajstić information content (AvgIpc) is 2.85. The van der Waals surface area contributed by atoms with Crippen LogP contribution >= 0.6 is 0 Å². The second kappa shape index (κ2) is 7.28. The van der Waals surface area contributed by atoms with Crippen molar-refractivity contribution in [1.82, 2.24) is 4.90 Å². The van der Waals surface area contributed by atoms with Gasteiger partial charge in [-0.3, -0.25) is 4.79 Å². The minimum Gasteiger partial charge on any atom is -0.461 e. The van der Waals surface area contributed by atoms with Crippen molar-refractivity contribution in [2.24, 2.45) is 11.8 Å². The lowest BCUT2D eigenvalue weighted by atomic mass is 9.86. The van der Waals surface area contributed by atoms with Crippen molar-refractivity contribution >= 4 is 11.9 Å². The molecule has 4 heteroatoms. The molecule has 0 aromatic heterocycles. The molecule has 2 atom stereocenters. The Morgan fingerprint density at radius 2 is 1.81 bits per heavy atom. The zero-order valence-corrected chi connectivity index (χ0v) is 13.6. The second-order valence-electron chi connectivity index (χ2n) is 6.92. The largest absolute Gasteiger partial charge is 0.461 e. The van der Waals surface area contributed by atoms with E-state index in [-0.39, 0.29) is 23.9 Å². The van der Waals surface area contributed by atoms with Crippen LogP contribution in [0.4, 0.5) is 0 Å². The van der Waals surface area contributed by atoms with E-state index < -0.39 is 6.04 Å². The van der Waals surface area contributed by atoms with Crippen molar-refractivity contribution < 1.29 is 14.3 Å². The molecule has 0 aromatic rings. The molecule has 1 heterocycles. The first-order valence-electron chi connectivity index (χ1n) is 8.50. The van der Waals surface area contributed by atoms with Crippen LogP contribution in [0.15, 0.2) is 0 Å². The molecule has 1 saturated carbocycles. The van der Waals surface area contributed by atoms with Gasteiger partial charge in [0, 0.05) is 13.0 Å². The summed E-state index contributed by atoms with van der Waals surface area (Å²) in [6, 6.07) is -0.411. The molecule has 2 fully saturated rings. The Labute approximate surface area is 128 Å². The Morgan fingerprint density at radius 3 is 2.33 bits per heavy atom. The van der Waals surface area contributed by atoms with Gasteiger partial charge in [-0.2, -0.15) is 0 Å². The van der Waals surface area contributed by atoms with Crippen LogP contribution in [0, 0.1) is 11.8 Å². The molecule has 1 saturated heterocycles. The van der Waals surface area contributed by atoms with Crippen molar-refractivity contribution in [3.8, 4) is 0 Å². The van der Waals surface area contributed by atoms with Gasteiger partial charge >= 0.3 is 5.97 Å². The number of carbonyl (C=O) groups is 2. The predicted molar refractivity (Wildman–Crippen MR) is 81.7 cm³/mol. The van der Waals surface area contributed by atoms with Crippen LogP contribution in [0.2, 0.25) is 0 Å². The summed E-state index contributed by atoms with van der Waals surface area (Å²) in [6.07, 6.45) is 7.48. The van der Waals surface area contributed by atoms with Crippen LogP contribution in [-0.2, 0) is 14.3 Å². The Kier molecular flexibility index (Phi) is 5.65. The minimum atomic E-state index is -0.411. The van der Waals surface area contributed by atoms with Crippen LogP contribution in [0.3, 0.4) is 0 Å². The van der Waals surface area contributed by atoms with Gasteiger partial charge in [0.25, 0.3) is 0 Å². The molecule has 120 valence electrons. The van der Waals surface area contributed by atoms with Crippen molar-refractivity contribution in [2.45, 2.75) is 77.9 Å². The number of amides is 1. The molecule has 0 N–H and O–H groups in total. The first-order chi connectivity index (χ1) is 10.0. The Bertz CT molecular complexity index is 374. The van der Waals surface area contributed by atoms with Gasteiger partial charge < -0.3 is 9.64 Å². The lowest BCUT2D eigenvalue weighted by Gasteiger charge is -2.33. The zero-order chi connectivity index (χ0) is 15.4. The summed E-state index contributed by atoms with van der Waals surface area (Å²) >= 11 is 0. The van der Waals surface area contributed by atoms with Crippen molar-refractivity contribution in [1.29, 1.82) is 0 Å². The molecule has 0 bridgehead atoms. The molecule has 0 radical (unpaired) electrons. The Hall–Kier alpha value is -1.06. The van der Waals surface area contributed by atoms with E-state index in [4.69, 9.17) is 4.74 Å². The Morgan fingerprint density at radius 1 is 1.14 bits per heavy atom. The second-order valence-corrected chi connectivity index (χ2v) is 6.92. The van der Waals surface area contributed by atoms with E-state index in [1.165, 1.54) is 19.3 Å². The highest BCUT2D eigenvalue weighted by Crippen LogP contribution is 2.29. The summed E-state index contributed by atoms with van der Waals surface area (Å²) in [5.41, 5.74) is 0. The topological polar surface area (TPSA) is 46.6 Å². The maximum Gasteiger partial charge on any atom is 0.329 e. The standard InChI is InChI=1S/C17H29NO3/c1-12(2)16(18-11-7-10-15(18)19)17(20)21-13(3)14-8-5-4-6-9-14/h12-14,16H,4-11H2,1-3H3/t13-,16+/m0/s1. The van der Waals surface area contributed by atoms with Gasteiger partial charge in [-0.25, -0.2) is 4.79 Å². The van der Waals surface area contributed by atoms with Gasteiger partial charge in [0.15, 0.2) is 0 Å². The van der Waals surface area contributed by atoms with Gasteiger partial charge in [-0.15, -0.1) is 0 Å². The van der Waals surface area contributed by atoms with Gasteiger partial charge in [-0.05, 0) is 38.0 Å². The third-order valence-corrected chi connectivity index (χ3v) is 4.93. The highest BCUT2D eigenvalue weighted by Gasteiger charge is 2.37. The van der Waals surface area contributed by atoms with E-state index in [1.807, 2.05) is 20.8 Å². The molecular formula is C17H29NO3. The van der Waals surface area contributed by atoms with Crippen LogP contribution in [0.25, 0.3) is 0 Å². The van der Waals surface area contributed by atoms with E-state index in [9.17, 15) is 9.59 Å². The summed E-state index contributed by atoms with van der Waals surface area (Å²) in [7, 11) is 0. The molecule has 2 aliphatic rings. The van der Waals surface area contributed by atoms with Gasteiger partial charge in [0.1, 0.15) is 12.1 Å². The number of hydrogen-bond acceptors (Lipinski definition) is 3. The van der Waals surface area contributed by atoms with Crippen LogP contribution in [-0.4, -0.2) is 35.5 Å². The number of rotatable bonds is 5.